The van der Waals surface area contributed by atoms with Gasteiger partial charge in [0.25, 0.3) is 0 Å². The van der Waals surface area contributed by atoms with Gasteiger partial charge < -0.3 is 19.7 Å². The van der Waals surface area contributed by atoms with Crippen molar-refractivity contribution in [2.75, 3.05) is 19.4 Å². The minimum absolute atomic E-state index is 0.0344. The number of anilines is 2. The van der Waals surface area contributed by atoms with E-state index in [4.69, 9.17) is 0 Å². The van der Waals surface area contributed by atoms with Crippen LogP contribution in [-0.2, 0) is 11.2 Å². The molecule has 1 aromatic carbocycles. The van der Waals surface area contributed by atoms with Crippen LogP contribution in [-0.4, -0.2) is 50.9 Å². The van der Waals surface area contributed by atoms with E-state index in [1.165, 1.54) is 17.0 Å². The molecular formula is C21H22F2N6O3. The summed E-state index contributed by atoms with van der Waals surface area (Å²) in [5.41, 5.74) is 2.84. The lowest BCUT2D eigenvalue weighted by Gasteiger charge is -2.10. The molecule has 3 aromatic rings. The molecule has 0 unspecified atom stereocenters. The fourth-order valence-electron chi connectivity index (χ4n) is 3.30. The molecule has 0 saturated heterocycles. The van der Waals surface area contributed by atoms with Gasteiger partial charge in [0, 0.05) is 50.1 Å². The van der Waals surface area contributed by atoms with Crippen molar-refractivity contribution in [1.29, 1.82) is 0 Å². The molecule has 1 aliphatic heterocycles. The quantitative estimate of drug-likeness (QED) is 0.623. The van der Waals surface area contributed by atoms with E-state index in [1.807, 2.05) is 26.0 Å². The summed E-state index contributed by atoms with van der Waals surface area (Å²) in [6.45, 7) is 3.76. The van der Waals surface area contributed by atoms with Crippen LogP contribution in [0.15, 0.2) is 30.3 Å². The summed E-state index contributed by atoms with van der Waals surface area (Å²) in [5.74, 6) is 0.643. The van der Waals surface area contributed by atoms with Gasteiger partial charge >= 0.3 is 6.29 Å². The molecule has 2 aromatic heterocycles. The first-order chi connectivity index (χ1) is 15.1. The monoisotopic (exact) mass is 444 g/mol. The standard InChI is InChI=1S/C21H22F2N6O3/c1-12-9-15(10-13(2)24-12)29-18(7-8-19(30)28(3)4)26-20(27-29)25-14-5-6-16-17(11-14)32-21(22,23)31-16/h5-6,9-11H,7-8H2,1-4H3,(H,25,27). The Morgan fingerprint density at radius 3 is 2.47 bits per heavy atom. The highest BCUT2D eigenvalue weighted by atomic mass is 19.3. The van der Waals surface area contributed by atoms with E-state index in [1.54, 1.807) is 24.8 Å². The summed E-state index contributed by atoms with van der Waals surface area (Å²) in [7, 11) is 3.39. The number of halogens is 2. The lowest BCUT2D eigenvalue weighted by atomic mass is 10.2. The fourth-order valence-corrected chi connectivity index (χ4v) is 3.30. The predicted octanol–water partition coefficient (Wildman–Crippen LogP) is 3.37. The number of aromatic nitrogens is 4. The van der Waals surface area contributed by atoms with Crippen molar-refractivity contribution in [3.05, 3.63) is 47.5 Å². The molecule has 0 spiro atoms. The number of nitrogens with zero attached hydrogens (tertiary/aromatic N) is 5. The molecule has 0 fully saturated rings. The Morgan fingerprint density at radius 2 is 1.78 bits per heavy atom. The molecule has 0 bridgehead atoms. The molecule has 1 N–H and O–H groups in total. The number of nitrogens with one attached hydrogen (secondary N) is 1. The number of carbonyl (C=O) groups is 1. The Labute approximate surface area is 183 Å². The van der Waals surface area contributed by atoms with Gasteiger partial charge in [0.05, 0.1) is 5.69 Å². The molecule has 0 atom stereocenters. The van der Waals surface area contributed by atoms with Crippen LogP contribution in [0.1, 0.15) is 23.6 Å². The summed E-state index contributed by atoms with van der Waals surface area (Å²) in [5, 5.41) is 7.52. The van der Waals surface area contributed by atoms with E-state index in [2.05, 4.69) is 29.9 Å². The first-order valence-electron chi connectivity index (χ1n) is 9.88. The molecule has 0 saturated carbocycles. The van der Waals surface area contributed by atoms with Crippen LogP contribution in [0.4, 0.5) is 20.4 Å². The zero-order chi connectivity index (χ0) is 23.0. The molecule has 4 rings (SSSR count). The van der Waals surface area contributed by atoms with Gasteiger partial charge in [-0.25, -0.2) is 4.68 Å². The second kappa shape index (κ2) is 8.06. The number of fused-ring (bicyclic) bond motifs is 1. The molecular weight excluding hydrogens is 422 g/mol. The topological polar surface area (TPSA) is 94.4 Å². The molecule has 11 heteroatoms. The normalized spacial score (nSPS) is 13.8. The Balaban J connectivity index is 1.64. The number of aryl methyl sites for hydroxylation is 3. The third kappa shape index (κ3) is 4.61. The number of hydrogen-bond acceptors (Lipinski definition) is 7. The van der Waals surface area contributed by atoms with Crippen LogP contribution in [0.25, 0.3) is 5.69 Å². The lowest BCUT2D eigenvalue weighted by Crippen LogP contribution is -2.25. The number of amides is 1. The summed E-state index contributed by atoms with van der Waals surface area (Å²) in [4.78, 5) is 22.5. The van der Waals surface area contributed by atoms with Crippen molar-refractivity contribution in [3.63, 3.8) is 0 Å². The maximum atomic E-state index is 13.3. The highest BCUT2D eigenvalue weighted by molar-refractivity contribution is 5.75. The number of carbonyl (C=O) groups excluding carboxylic acids is 1. The molecule has 0 radical (unpaired) electrons. The highest BCUT2D eigenvalue weighted by Gasteiger charge is 2.43. The van der Waals surface area contributed by atoms with Gasteiger partial charge in [-0.3, -0.25) is 9.78 Å². The van der Waals surface area contributed by atoms with Gasteiger partial charge in [-0.05, 0) is 38.1 Å². The van der Waals surface area contributed by atoms with Gasteiger partial charge in [-0.1, -0.05) is 0 Å². The van der Waals surface area contributed by atoms with E-state index in [0.29, 0.717) is 17.9 Å². The Hall–Kier alpha value is -3.76. The van der Waals surface area contributed by atoms with Crippen molar-refractivity contribution in [3.8, 4) is 17.2 Å². The van der Waals surface area contributed by atoms with E-state index >= 15 is 0 Å². The third-order valence-corrected chi connectivity index (χ3v) is 4.70. The average molecular weight is 444 g/mol. The Bertz CT molecular complexity index is 1160. The molecule has 1 amide bonds. The number of ether oxygens (including phenoxy) is 2. The van der Waals surface area contributed by atoms with Crippen LogP contribution in [0.2, 0.25) is 0 Å². The highest BCUT2D eigenvalue weighted by Crippen LogP contribution is 2.42. The number of benzene rings is 1. The summed E-state index contributed by atoms with van der Waals surface area (Å²) in [6.07, 6.45) is -3.07. The lowest BCUT2D eigenvalue weighted by molar-refractivity contribution is -0.286. The van der Waals surface area contributed by atoms with Crippen molar-refractivity contribution in [2.45, 2.75) is 33.0 Å². The van der Waals surface area contributed by atoms with Crippen molar-refractivity contribution in [2.24, 2.45) is 0 Å². The molecule has 1 aliphatic rings. The summed E-state index contributed by atoms with van der Waals surface area (Å²) in [6, 6.07) is 8.05. The van der Waals surface area contributed by atoms with Gasteiger partial charge in [0.15, 0.2) is 11.5 Å². The van der Waals surface area contributed by atoms with Crippen LogP contribution in [0.3, 0.4) is 0 Å². The minimum atomic E-state index is -3.69. The second-order valence-corrected chi connectivity index (χ2v) is 7.61. The van der Waals surface area contributed by atoms with Gasteiger partial charge in [0.1, 0.15) is 5.82 Å². The summed E-state index contributed by atoms with van der Waals surface area (Å²) < 4.78 is 37.1. The van der Waals surface area contributed by atoms with Crippen LogP contribution < -0.4 is 14.8 Å². The van der Waals surface area contributed by atoms with Gasteiger partial charge in [0.2, 0.25) is 11.9 Å². The van der Waals surface area contributed by atoms with Crippen molar-refractivity contribution >= 4 is 17.5 Å². The molecule has 32 heavy (non-hydrogen) atoms. The average Bonchev–Trinajstić information content (AvgIpc) is 3.23. The van der Waals surface area contributed by atoms with Crippen LogP contribution in [0.5, 0.6) is 11.5 Å². The minimum Gasteiger partial charge on any atom is -0.395 e. The van der Waals surface area contributed by atoms with Crippen molar-refractivity contribution < 1.29 is 23.0 Å². The molecule has 0 aliphatic carbocycles. The molecule has 9 nitrogen and oxygen atoms in total. The van der Waals surface area contributed by atoms with E-state index in [9.17, 15) is 13.6 Å². The number of alkyl halides is 2. The Kier molecular flexibility index (Phi) is 5.41. The number of pyridine rings is 1. The zero-order valence-electron chi connectivity index (χ0n) is 18.0. The first-order valence-corrected chi connectivity index (χ1v) is 9.88. The second-order valence-electron chi connectivity index (χ2n) is 7.61. The van der Waals surface area contributed by atoms with E-state index in [0.717, 1.165) is 17.1 Å². The number of hydrogen-bond donors (Lipinski definition) is 1. The fraction of sp³-hybridized carbons (Fsp3) is 0.333. The van der Waals surface area contributed by atoms with E-state index in [-0.39, 0.29) is 29.8 Å². The van der Waals surface area contributed by atoms with Gasteiger partial charge in [-0.2, -0.15) is 4.98 Å². The number of rotatable bonds is 6. The van der Waals surface area contributed by atoms with E-state index < -0.39 is 6.29 Å². The van der Waals surface area contributed by atoms with Gasteiger partial charge in [-0.15, -0.1) is 13.9 Å². The largest absolute Gasteiger partial charge is 0.586 e. The first kappa shape index (κ1) is 21.5. The molecule has 3 heterocycles. The maximum Gasteiger partial charge on any atom is 0.586 e. The van der Waals surface area contributed by atoms with Crippen LogP contribution in [0, 0.1) is 13.8 Å². The van der Waals surface area contributed by atoms with Crippen LogP contribution >= 0.6 is 0 Å². The molecule has 168 valence electrons. The summed E-state index contributed by atoms with van der Waals surface area (Å²) >= 11 is 0. The smallest absolute Gasteiger partial charge is 0.395 e. The van der Waals surface area contributed by atoms with Crippen molar-refractivity contribution in [1.82, 2.24) is 24.6 Å². The SMILES string of the molecule is Cc1cc(-n2nc(Nc3ccc4c(c3)OC(F)(F)O4)nc2CCC(=O)N(C)C)cc(C)n1. The predicted molar refractivity (Wildman–Crippen MR) is 112 cm³/mol. The zero-order valence-corrected chi connectivity index (χ0v) is 18.0. The third-order valence-electron chi connectivity index (χ3n) is 4.70. The maximum absolute atomic E-state index is 13.3. The Morgan fingerprint density at radius 1 is 1.09 bits per heavy atom.